The highest BCUT2D eigenvalue weighted by Gasteiger charge is 2.07. The molecule has 0 aromatic heterocycles. The summed E-state index contributed by atoms with van der Waals surface area (Å²) in [7, 11) is 4.20. The second kappa shape index (κ2) is 6.74. The van der Waals surface area contributed by atoms with E-state index in [1.165, 1.54) is 11.1 Å². The van der Waals surface area contributed by atoms with Gasteiger partial charge < -0.3 is 4.90 Å². The van der Waals surface area contributed by atoms with Crippen molar-refractivity contribution in [2.75, 3.05) is 20.6 Å². The maximum absolute atomic E-state index is 6.55. The summed E-state index contributed by atoms with van der Waals surface area (Å²) in [6, 6.07) is 16.6. The van der Waals surface area contributed by atoms with E-state index < -0.39 is 0 Å². The van der Waals surface area contributed by atoms with Crippen molar-refractivity contribution in [1.82, 2.24) is 4.90 Å². The Morgan fingerprint density at radius 1 is 0.947 bits per heavy atom. The Morgan fingerprint density at radius 3 is 2.37 bits per heavy atom. The van der Waals surface area contributed by atoms with E-state index in [4.69, 9.17) is 11.6 Å². The van der Waals surface area contributed by atoms with Crippen LogP contribution in [0.4, 0.5) is 0 Å². The van der Waals surface area contributed by atoms with E-state index in [2.05, 4.69) is 49.3 Å². The lowest BCUT2D eigenvalue weighted by Crippen LogP contribution is -2.13. The molecule has 2 heteroatoms. The molecule has 0 saturated heterocycles. The van der Waals surface area contributed by atoms with Gasteiger partial charge in [0, 0.05) is 5.56 Å². The van der Waals surface area contributed by atoms with Crippen LogP contribution in [-0.4, -0.2) is 25.5 Å². The van der Waals surface area contributed by atoms with Gasteiger partial charge in [0.05, 0.1) is 5.02 Å². The Bertz CT molecular complexity index is 520. The molecule has 2 aromatic rings. The molecule has 0 fully saturated rings. The van der Waals surface area contributed by atoms with Crippen LogP contribution in [0.25, 0.3) is 11.1 Å². The molecule has 19 heavy (non-hydrogen) atoms. The van der Waals surface area contributed by atoms with E-state index in [0.717, 1.165) is 30.0 Å². The number of benzene rings is 2. The maximum Gasteiger partial charge on any atom is 0.0516 e. The lowest BCUT2D eigenvalue weighted by molar-refractivity contribution is 0.400. The summed E-state index contributed by atoms with van der Waals surface area (Å²) in [6.45, 7) is 1.09. The van der Waals surface area contributed by atoms with Crippen molar-refractivity contribution in [2.45, 2.75) is 12.8 Å². The predicted molar refractivity (Wildman–Crippen MR) is 83.8 cm³/mol. The number of nitrogens with zero attached hydrogens (tertiary/aromatic N) is 1. The van der Waals surface area contributed by atoms with Crippen molar-refractivity contribution in [2.24, 2.45) is 0 Å². The standard InChI is InChI=1S/C17H20ClN/c1-19(2)13-7-11-15-10-6-12-16(17(15)18)14-8-4-3-5-9-14/h3-6,8-10,12H,7,11,13H2,1-2H3. The monoisotopic (exact) mass is 273 g/mol. The summed E-state index contributed by atoms with van der Waals surface area (Å²) >= 11 is 6.55. The average Bonchev–Trinajstić information content (AvgIpc) is 2.41. The third-order valence-corrected chi connectivity index (χ3v) is 3.66. The molecule has 2 rings (SSSR count). The minimum absolute atomic E-state index is 0.896. The first-order valence-electron chi connectivity index (χ1n) is 6.66. The van der Waals surface area contributed by atoms with Crippen molar-refractivity contribution in [3.05, 3.63) is 59.1 Å². The first-order valence-corrected chi connectivity index (χ1v) is 7.04. The molecule has 1 nitrogen and oxygen atoms in total. The minimum Gasteiger partial charge on any atom is -0.309 e. The van der Waals surface area contributed by atoms with Crippen LogP contribution < -0.4 is 0 Å². The summed E-state index contributed by atoms with van der Waals surface area (Å²) in [5.74, 6) is 0. The minimum atomic E-state index is 0.896. The SMILES string of the molecule is CN(C)CCCc1cccc(-c2ccccc2)c1Cl. The molecule has 0 unspecified atom stereocenters. The molecule has 2 aromatic carbocycles. The fourth-order valence-corrected chi connectivity index (χ4v) is 2.53. The van der Waals surface area contributed by atoms with E-state index in [0.29, 0.717) is 0 Å². The zero-order valence-electron chi connectivity index (χ0n) is 11.6. The number of hydrogen-bond donors (Lipinski definition) is 0. The van der Waals surface area contributed by atoms with Gasteiger partial charge >= 0.3 is 0 Å². The van der Waals surface area contributed by atoms with E-state index in [1.54, 1.807) is 0 Å². The van der Waals surface area contributed by atoms with Crippen LogP contribution in [0.5, 0.6) is 0 Å². The predicted octanol–water partition coefficient (Wildman–Crippen LogP) is 4.50. The first kappa shape index (κ1) is 14.1. The number of rotatable bonds is 5. The molecular formula is C17H20ClN. The van der Waals surface area contributed by atoms with Gasteiger partial charge in [-0.3, -0.25) is 0 Å². The molecule has 0 atom stereocenters. The summed E-state index contributed by atoms with van der Waals surface area (Å²) in [5.41, 5.74) is 3.55. The molecule has 0 N–H and O–H groups in total. The first-order chi connectivity index (χ1) is 9.18. The van der Waals surface area contributed by atoms with E-state index in [-0.39, 0.29) is 0 Å². The van der Waals surface area contributed by atoms with Gasteiger partial charge in [-0.15, -0.1) is 0 Å². The van der Waals surface area contributed by atoms with Crippen molar-refractivity contribution < 1.29 is 0 Å². The smallest absolute Gasteiger partial charge is 0.0516 e. The van der Waals surface area contributed by atoms with Crippen LogP contribution in [-0.2, 0) is 6.42 Å². The van der Waals surface area contributed by atoms with Crippen LogP contribution in [0.3, 0.4) is 0 Å². The molecule has 100 valence electrons. The Kier molecular flexibility index (Phi) is 5.00. The number of halogens is 1. The Balaban J connectivity index is 2.19. The second-order valence-corrected chi connectivity index (χ2v) is 5.43. The molecular weight excluding hydrogens is 254 g/mol. The highest BCUT2D eigenvalue weighted by molar-refractivity contribution is 6.34. The molecule has 0 radical (unpaired) electrons. The molecule has 0 saturated carbocycles. The lowest BCUT2D eigenvalue weighted by Gasteiger charge is -2.12. The molecule has 0 bridgehead atoms. The Hall–Kier alpha value is -1.31. The maximum atomic E-state index is 6.55. The van der Waals surface area contributed by atoms with Gasteiger partial charge in [0.2, 0.25) is 0 Å². The van der Waals surface area contributed by atoms with E-state index in [1.807, 2.05) is 18.2 Å². The van der Waals surface area contributed by atoms with E-state index >= 15 is 0 Å². The molecule has 0 aliphatic rings. The molecule has 0 heterocycles. The summed E-state index contributed by atoms with van der Waals surface area (Å²) < 4.78 is 0. The van der Waals surface area contributed by atoms with Crippen LogP contribution in [0, 0.1) is 0 Å². The fraction of sp³-hybridized carbons (Fsp3) is 0.294. The van der Waals surface area contributed by atoms with Crippen LogP contribution in [0.1, 0.15) is 12.0 Å². The van der Waals surface area contributed by atoms with Crippen molar-refractivity contribution >= 4 is 11.6 Å². The van der Waals surface area contributed by atoms with Crippen LogP contribution >= 0.6 is 11.6 Å². The normalized spacial score (nSPS) is 10.9. The quantitative estimate of drug-likeness (QED) is 0.775. The molecule has 0 aliphatic carbocycles. The zero-order valence-corrected chi connectivity index (χ0v) is 12.3. The van der Waals surface area contributed by atoms with Crippen LogP contribution in [0.15, 0.2) is 48.5 Å². The highest BCUT2D eigenvalue weighted by Crippen LogP contribution is 2.31. The Morgan fingerprint density at radius 2 is 1.68 bits per heavy atom. The van der Waals surface area contributed by atoms with Crippen molar-refractivity contribution in [1.29, 1.82) is 0 Å². The number of aryl methyl sites for hydroxylation is 1. The van der Waals surface area contributed by atoms with E-state index in [9.17, 15) is 0 Å². The van der Waals surface area contributed by atoms with Gasteiger partial charge in [-0.05, 0) is 44.6 Å². The molecule has 0 spiro atoms. The van der Waals surface area contributed by atoms with Gasteiger partial charge in [-0.25, -0.2) is 0 Å². The van der Waals surface area contributed by atoms with Gasteiger partial charge in [-0.2, -0.15) is 0 Å². The van der Waals surface area contributed by atoms with Gasteiger partial charge in [-0.1, -0.05) is 60.1 Å². The van der Waals surface area contributed by atoms with Gasteiger partial charge in [0.1, 0.15) is 0 Å². The van der Waals surface area contributed by atoms with Gasteiger partial charge in [0.15, 0.2) is 0 Å². The topological polar surface area (TPSA) is 3.24 Å². The molecule has 0 aliphatic heterocycles. The fourth-order valence-electron chi connectivity index (χ4n) is 2.20. The summed E-state index contributed by atoms with van der Waals surface area (Å²) in [5, 5.41) is 0.896. The highest BCUT2D eigenvalue weighted by atomic mass is 35.5. The lowest BCUT2D eigenvalue weighted by atomic mass is 10.0. The van der Waals surface area contributed by atoms with Gasteiger partial charge in [0.25, 0.3) is 0 Å². The number of hydrogen-bond acceptors (Lipinski definition) is 1. The summed E-state index contributed by atoms with van der Waals surface area (Å²) in [6.07, 6.45) is 2.16. The summed E-state index contributed by atoms with van der Waals surface area (Å²) in [4.78, 5) is 2.20. The average molecular weight is 274 g/mol. The second-order valence-electron chi connectivity index (χ2n) is 5.05. The zero-order chi connectivity index (χ0) is 13.7. The largest absolute Gasteiger partial charge is 0.309 e. The molecule has 0 amide bonds. The van der Waals surface area contributed by atoms with Crippen molar-refractivity contribution in [3.63, 3.8) is 0 Å². The Labute approximate surface area is 120 Å². The third kappa shape index (κ3) is 3.82. The van der Waals surface area contributed by atoms with Crippen LogP contribution in [0.2, 0.25) is 5.02 Å². The van der Waals surface area contributed by atoms with Crippen molar-refractivity contribution in [3.8, 4) is 11.1 Å². The third-order valence-electron chi connectivity index (χ3n) is 3.21.